The van der Waals surface area contributed by atoms with Gasteiger partial charge in [-0.1, -0.05) is 6.07 Å². The monoisotopic (exact) mass is 273 g/mol. The summed E-state index contributed by atoms with van der Waals surface area (Å²) in [5, 5.41) is 0. The molecule has 0 unspecified atom stereocenters. The largest absolute Gasteiger partial charge is 0.274 e. The van der Waals surface area contributed by atoms with Gasteiger partial charge in [0.25, 0.3) is 0 Å². The van der Waals surface area contributed by atoms with Crippen LogP contribution in [0.15, 0.2) is 18.2 Å². The van der Waals surface area contributed by atoms with Gasteiger partial charge in [0.05, 0.1) is 17.5 Å². The highest BCUT2D eigenvalue weighted by Crippen LogP contribution is 2.56. The molecule has 0 spiro atoms. The molecule has 3 nitrogen and oxygen atoms in total. The van der Waals surface area contributed by atoms with Gasteiger partial charge in [0.1, 0.15) is 5.82 Å². The van der Waals surface area contributed by atoms with Crippen molar-refractivity contribution in [3.8, 4) is 0 Å². The lowest BCUT2D eigenvalue weighted by molar-refractivity contribution is -0.123. The number of aryl methyl sites for hydroxylation is 1. The molecule has 0 N–H and O–H groups in total. The molecule has 4 heteroatoms. The predicted octanol–water partition coefficient (Wildman–Crippen LogP) is 2.67. The Morgan fingerprint density at radius 3 is 2.25 bits per heavy atom. The molecule has 104 valence electrons. The number of anilines is 1. The van der Waals surface area contributed by atoms with Crippen molar-refractivity contribution in [1.82, 2.24) is 0 Å². The molecule has 2 amide bonds. The molecule has 1 saturated heterocycles. The molecule has 2 saturated carbocycles. The fourth-order valence-electron chi connectivity index (χ4n) is 4.38. The Morgan fingerprint density at radius 1 is 1.10 bits per heavy atom. The van der Waals surface area contributed by atoms with Gasteiger partial charge in [0.15, 0.2) is 0 Å². The Kier molecular flexibility index (Phi) is 2.35. The molecule has 1 heterocycles. The van der Waals surface area contributed by atoms with Crippen LogP contribution >= 0.6 is 0 Å². The average molecular weight is 273 g/mol. The number of halogens is 1. The summed E-state index contributed by atoms with van der Waals surface area (Å²) < 4.78 is 13.7. The Bertz CT molecular complexity index is 599. The number of carbonyl (C=O) groups is 2. The van der Waals surface area contributed by atoms with E-state index in [1.165, 1.54) is 11.0 Å². The second-order valence-corrected chi connectivity index (χ2v) is 6.33. The molecule has 2 bridgehead atoms. The molecule has 1 aliphatic heterocycles. The SMILES string of the molecule is Cc1ccc(N2C(=O)[C@H]3[C@H]4CC[C@@H](C4)[C@@H]3C2=O)cc1F. The van der Waals surface area contributed by atoms with Gasteiger partial charge in [0.2, 0.25) is 11.8 Å². The molecule has 1 aromatic rings. The highest BCUT2D eigenvalue weighted by Gasteiger charge is 2.61. The lowest BCUT2D eigenvalue weighted by atomic mass is 9.81. The number of benzene rings is 1. The van der Waals surface area contributed by atoms with Gasteiger partial charge in [-0.2, -0.15) is 0 Å². The van der Waals surface area contributed by atoms with Gasteiger partial charge < -0.3 is 0 Å². The molecule has 4 atom stereocenters. The molecule has 1 aromatic carbocycles. The third-order valence-electron chi connectivity index (χ3n) is 5.34. The minimum atomic E-state index is -0.372. The Labute approximate surface area is 116 Å². The van der Waals surface area contributed by atoms with Crippen LogP contribution in [0.1, 0.15) is 24.8 Å². The van der Waals surface area contributed by atoms with Crippen molar-refractivity contribution in [3.05, 3.63) is 29.6 Å². The zero-order chi connectivity index (χ0) is 14.0. The number of nitrogens with zero attached hydrogens (tertiary/aromatic N) is 1. The number of hydrogen-bond acceptors (Lipinski definition) is 2. The highest BCUT2D eigenvalue weighted by molar-refractivity contribution is 6.22. The van der Waals surface area contributed by atoms with Crippen LogP contribution in [-0.2, 0) is 9.59 Å². The summed E-state index contributed by atoms with van der Waals surface area (Å²) in [4.78, 5) is 26.4. The molecule has 3 fully saturated rings. The summed E-state index contributed by atoms with van der Waals surface area (Å²) >= 11 is 0. The van der Waals surface area contributed by atoms with Gasteiger partial charge >= 0.3 is 0 Å². The van der Waals surface area contributed by atoms with Crippen LogP contribution in [-0.4, -0.2) is 11.8 Å². The van der Waals surface area contributed by atoms with Gasteiger partial charge in [0, 0.05) is 0 Å². The Hall–Kier alpha value is -1.71. The van der Waals surface area contributed by atoms with Crippen molar-refractivity contribution < 1.29 is 14.0 Å². The maximum atomic E-state index is 13.7. The average Bonchev–Trinajstić information content (AvgIpc) is 3.08. The van der Waals surface area contributed by atoms with Crippen LogP contribution in [0, 0.1) is 36.4 Å². The number of rotatable bonds is 1. The van der Waals surface area contributed by atoms with Crippen molar-refractivity contribution in [1.29, 1.82) is 0 Å². The van der Waals surface area contributed by atoms with Crippen LogP contribution in [0.4, 0.5) is 10.1 Å². The van der Waals surface area contributed by atoms with Crippen LogP contribution in [0.3, 0.4) is 0 Å². The fraction of sp³-hybridized carbons (Fsp3) is 0.500. The third-order valence-corrected chi connectivity index (χ3v) is 5.34. The van der Waals surface area contributed by atoms with Gasteiger partial charge in [-0.3, -0.25) is 9.59 Å². The second kappa shape index (κ2) is 3.90. The summed E-state index contributed by atoms with van der Waals surface area (Å²) in [6, 6.07) is 4.58. The van der Waals surface area contributed by atoms with Gasteiger partial charge in [-0.15, -0.1) is 0 Å². The zero-order valence-electron chi connectivity index (χ0n) is 11.3. The quantitative estimate of drug-likeness (QED) is 0.738. The number of carbonyl (C=O) groups excluding carboxylic acids is 2. The lowest BCUT2D eigenvalue weighted by Gasteiger charge is -2.19. The molecule has 20 heavy (non-hydrogen) atoms. The minimum Gasteiger partial charge on any atom is -0.274 e. The van der Waals surface area contributed by atoms with Gasteiger partial charge in [-0.05, 0) is 55.7 Å². The second-order valence-electron chi connectivity index (χ2n) is 6.33. The molecule has 0 radical (unpaired) electrons. The van der Waals surface area contributed by atoms with Crippen molar-refractivity contribution in [2.45, 2.75) is 26.2 Å². The van der Waals surface area contributed by atoms with E-state index in [2.05, 4.69) is 0 Å². The van der Waals surface area contributed by atoms with E-state index in [1.807, 2.05) is 0 Å². The number of imide groups is 1. The first-order valence-corrected chi connectivity index (χ1v) is 7.22. The summed E-state index contributed by atoms with van der Waals surface area (Å²) in [5.41, 5.74) is 0.907. The molecular weight excluding hydrogens is 257 g/mol. The van der Waals surface area contributed by atoms with Crippen molar-refractivity contribution in [2.75, 3.05) is 4.90 Å². The van der Waals surface area contributed by atoms with E-state index in [9.17, 15) is 14.0 Å². The standard InChI is InChI=1S/C16H16FNO2/c1-8-2-5-11(7-12(8)17)18-15(19)13-9-3-4-10(6-9)14(13)16(18)20/h2,5,7,9-10,13-14H,3-4,6H2,1H3/t9-,10-,13-,14-/m0/s1. The Balaban J connectivity index is 1.74. The molecule has 2 aliphatic carbocycles. The summed E-state index contributed by atoms with van der Waals surface area (Å²) in [7, 11) is 0. The number of amides is 2. The van der Waals surface area contributed by atoms with Crippen LogP contribution in [0.25, 0.3) is 0 Å². The summed E-state index contributed by atoms with van der Waals surface area (Å²) in [6.45, 7) is 1.67. The molecule has 3 aliphatic rings. The number of fused-ring (bicyclic) bond motifs is 5. The first-order chi connectivity index (χ1) is 9.58. The van der Waals surface area contributed by atoms with Crippen molar-refractivity contribution in [3.63, 3.8) is 0 Å². The predicted molar refractivity (Wildman–Crippen MR) is 71.4 cm³/mol. The van der Waals surface area contributed by atoms with E-state index in [1.54, 1.807) is 19.1 Å². The minimum absolute atomic E-state index is 0.115. The van der Waals surface area contributed by atoms with E-state index >= 15 is 0 Å². The topological polar surface area (TPSA) is 37.4 Å². The molecule has 0 aromatic heterocycles. The fourth-order valence-corrected chi connectivity index (χ4v) is 4.38. The van der Waals surface area contributed by atoms with Crippen molar-refractivity contribution >= 4 is 17.5 Å². The molecular formula is C16H16FNO2. The maximum Gasteiger partial charge on any atom is 0.237 e. The highest BCUT2D eigenvalue weighted by atomic mass is 19.1. The van der Waals surface area contributed by atoms with Crippen LogP contribution < -0.4 is 4.90 Å². The van der Waals surface area contributed by atoms with E-state index in [0.717, 1.165) is 19.3 Å². The van der Waals surface area contributed by atoms with E-state index in [4.69, 9.17) is 0 Å². The van der Waals surface area contributed by atoms with E-state index in [-0.39, 0.29) is 29.5 Å². The third kappa shape index (κ3) is 1.39. The van der Waals surface area contributed by atoms with E-state index in [0.29, 0.717) is 23.1 Å². The van der Waals surface area contributed by atoms with Crippen LogP contribution in [0.2, 0.25) is 0 Å². The summed E-state index contributed by atoms with van der Waals surface area (Å²) in [5.74, 6) is -0.172. The van der Waals surface area contributed by atoms with Crippen LogP contribution in [0.5, 0.6) is 0 Å². The lowest BCUT2D eigenvalue weighted by Crippen LogP contribution is -2.32. The molecule has 4 rings (SSSR count). The van der Waals surface area contributed by atoms with Gasteiger partial charge in [-0.25, -0.2) is 9.29 Å². The number of hydrogen-bond donors (Lipinski definition) is 0. The maximum absolute atomic E-state index is 13.7. The Morgan fingerprint density at radius 2 is 1.70 bits per heavy atom. The van der Waals surface area contributed by atoms with Crippen molar-refractivity contribution in [2.24, 2.45) is 23.7 Å². The summed E-state index contributed by atoms with van der Waals surface area (Å²) in [6.07, 6.45) is 3.13. The first kappa shape index (κ1) is 12.1. The normalized spacial score (nSPS) is 35.0. The van der Waals surface area contributed by atoms with E-state index < -0.39 is 0 Å². The zero-order valence-corrected chi connectivity index (χ0v) is 11.3. The smallest absolute Gasteiger partial charge is 0.237 e. The first-order valence-electron chi connectivity index (χ1n) is 7.22.